The van der Waals surface area contributed by atoms with Gasteiger partial charge in [-0.1, -0.05) is 36.4 Å². The molecule has 0 aromatic heterocycles. The summed E-state index contributed by atoms with van der Waals surface area (Å²) in [6.07, 6.45) is -0.255. The van der Waals surface area contributed by atoms with Crippen LogP contribution in [0, 0.1) is 5.82 Å². The van der Waals surface area contributed by atoms with Crippen molar-refractivity contribution in [2.75, 3.05) is 5.32 Å². The second kappa shape index (κ2) is 6.10. The van der Waals surface area contributed by atoms with E-state index in [0.717, 1.165) is 11.1 Å². The first-order chi connectivity index (χ1) is 9.56. The Morgan fingerprint density at radius 2 is 1.75 bits per heavy atom. The van der Waals surface area contributed by atoms with Crippen LogP contribution in [-0.4, -0.2) is 11.7 Å². The third kappa shape index (κ3) is 3.51. The van der Waals surface area contributed by atoms with Gasteiger partial charge in [0.1, 0.15) is 11.6 Å². The summed E-state index contributed by atoms with van der Waals surface area (Å²) in [5.41, 5.74) is 1.80. The Labute approximate surface area is 116 Å². The first-order valence-electron chi connectivity index (χ1n) is 6.20. The molecule has 0 radical (unpaired) electrons. The van der Waals surface area contributed by atoms with Gasteiger partial charge in [-0.3, -0.25) is 9.59 Å². The lowest BCUT2D eigenvalue weighted by molar-refractivity contribution is -0.124. The van der Waals surface area contributed by atoms with E-state index in [2.05, 4.69) is 5.32 Å². The molecule has 0 atom stereocenters. The van der Waals surface area contributed by atoms with Crippen molar-refractivity contribution < 1.29 is 14.0 Å². The predicted octanol–water partition coefficient (Wildman–Crippen LogP) is 3.41. The van der Waals surface area contributed by atoms with Gasteiger partial charge in [0.2, 0.25) is 5.91 Å². The number of nitrogens with one attached hydrogen (secondary N) is 1. The molecule has 0 unspecified atom stereocenters. The molecule has 0 aliphatic carbocycles. The van der Waals surface area contributed by atoms with E-state index >= 15 is 0 Å². The summed E-state index contributed by atoms with van der Waals surface area (Å²) in [7, 11) is 0. The van der Waals surface area contributed by atoms with E-state index in [9.17, 15) is 14.0 Å². The molecule has 2 aromatic rings. The minimum atomic E-state index is -0.526. The van der Waals surface area contributed by atoms with Crippen LogP contribution in [0.15, 0.2) is 48.5 Å². The van der Waals surface area contributed by atoms with Gasteiger partial charge < -0.3 is 5.32 Å². The summed E-state index contributed by atoms with van der Waals surface area (Å²) in [5, 5.41) is 2.42. The Balaban J connectivity index is 2.26. The van der Waals surface area contributed by atoms with E-state index in [1.54, 1.807) is 12.1 Å². The Morgan fingerprint density at radius 3 is 2.40 bits per heavy atom. The van der Waals surface area contributed by atoms with Gasteiger partial charge in [0.05, 0.1) is 12.1 Å². The van der Waals surface area contributed by atoms with Crippen molar-refractivity contribution in [3.63, 3.8) is 0 Å². The van der Waals surface area contributed by atoms with Crippen LogP contribution in [0.2, 0.25) is 0 Å². The van der Waals surface area contributed by atoms with Gasteiger partial charge in [0.25, 0.3) is 0 Å². The number of anilines is 1. The molecule has 3 nitrogen and oxygen atoms in total. The van der Waals surface area contributed by atoms with Crippen LogP contribution in [0.3, 0.4) is 0 Å². The van der Waals surface area contributed by atoms with Gasteiger partial charge in [0, 0.05) is 0 Å². The Morgan fingerprint density at radius 1 is 1.05 bits per heavy atom. The zero-order valence-corrected chi connectivity index (χ0v) is 11.0. The predicted molar refractivity (Wildman–Crippen MR) is 75.8 cm³/mol. The highest BCUT2D eigenvalue weighted by molar-refractivity contribution is 6.03. The standard InChI is InChI=1S/C16H14FNO2/c1-11(19)9-16(20)18-15-10-13(7-8-14(15)17)12-5-3-2-4-6-12/h2-8,10H,9H2,1H3,(H,18,20). The first kappa shape index (κ1) is 13.9. The number of amides is 1. The van der Waals surface area contributed by atoms with Gasteiger partial charge in [-0.05, 0) is 30.2 Å². The fourth-order valence-corrected chi connectivity index (χ4v) is 1.85. The number of hydrogen-bond donors (Lipinski definition) is 1. The second-order valence-corrected chi connectivity index (χ2v) is 4.49. The van der Waals surface area contributed by atoms with Gasteiger partial charge in [-0.25, -0.2) is 4.39 Å². The molecule has 0 aliphatic heterocycles. The van der Waals surface area contributed by atoms with Crippen molar-refractivity contribution in [2.45, 2.75) is 13.3 Å². The highest BCUT2D eigenvalue weighted by Crippen LogP contribution is 2.24. The molecule has 1 amide bonds. The molecule has 4 heteroatoms. The third-order valence-electron chi connectivity index (χ3n) is 2.76. The molecule has 0 saturated heterocycles. The molecule has 0 saturated carbocycles. The summed E-state index contributed by atoms with van der Waals surface area (Å²) in [6.45, 7) is 1.32. The molecular weight excluding hydrogens is 257 g/mol. The summed E-state index contributed by atoms with van der Waals surface area (Å²) in [4.78, 5) is 22.4. The largest absolute Gasteiger partial charge is 0.323 e. The molecule has 2 aromatic carbocycles. The lowest BCUT2D eigenvalue weighted by Crippen LogP contribution is -2.15. The summed E-state index contributed by atoms with van der Waals surface area (Å²) in [6, 6.07) is 13.9. The van der Waals surface area contributed by atoms with Crippen LogP contribution in [-0.2, 0) is 9.59 Å². The minimum absolute atomic E-state index is 0.0811. The fraction of sp³-hybridized carbons (Fsp3) is 0.125. The van der Waals surface area contributed by atoms with E-state index in [-0.39, 0.29) is 17.9 Å². The Bertz CT molecular complexity index is 638. The van der Waals surface area contributed by atoms with Crippen molar-refractivity contribution >= 4 is 17.4 Å². The Kier molecular flexibility index (Phi) is 4.25. The molecule has 0 aliphatic rings. The number of ketones is 1. The third-order valence-corrected chi connectivity index (χ3v) is 2.76. The molecule has 0 heterocycles. The zero-order valence-electron chi connectivity index (χ0n) is 11.0. The van der Waals surface area contributed by atoms with Crippen LogP contribution in [0.25, 0.3) is 11.1 Å². The maximum Gasteiger partial charge on any atom is 0.231 e. The highest BCUT2D eigenvalue weighted by Gasteiger charge is 2.10. The van der Waals surface area contributed by atoms with Crippen molar-refractivity contribution in [2.24, 2.45) is 0 Å². The number of rotatable bonds is 4. The van der Waals surface area contributed by atoms with Crippen LogP contribution in [0.1, 0.15) is 13.3 Å². The number of Topliss-reactive ketones (excluding diaryl/α,β-unsaturated/α-hetero) is 1. The topological polar surface area (TPSA) is 46.2 Å². The summed E-state index contributed by atoms with van der Waals surface area (Å²) >= 11 is 0. The van der Waals surface area contributed by atoms with Crippen molar-refractivity contribution in [3.8, 4) is 11.1 Å². The van der Waals surface area contributed by atoms with E-state index in [1.165, 1.54) is 13.0 Å². The average Bonchev–Trinajstić information content (AvgIpc) is 2.41. The quantitative estimate of drug-likeness (QED) is 0.866. The van der Waals surface area contributed by atoms with Crippen LogP contribution in [0.5, 0.6) is 0 Å². The second-order valence-electron chi connectivity index (χ2n) is 4.49. The number of carbonyl (C=O) groups is 2. The molecule has 0 spiro atoms. The van der Waals surface area contributed by atoms with Gasteiger partial charge >= 0.3 is 0 Å². The minimum Gasteiger partial charge on any atom is -0.323 e. The van der Waals surface area contributed by atoms with Crippen LogP contribution in [0.4, 0.5) is 10.1 Å². The average molecular weight is 271 g/mol. The molecule has 20 heavy (non-hydrogen) atoms. The van der Waals surface area contributed by atoms with Crippen molar-refractivity contribution in [3.05, 3.63) is 54.3 Å². The number of hydrogen-bond acceptors (Lipinski definition) is 2. The van der Waals surface area contributed by atoms with E-state index in [0.29, 0.717) is 0 Å². The zero-order chi connectivity index (χ0) is 14.5. The van der Waals surface area contributed by atoms with E-state index in [4.69, 9.17) is 0 Å². The normalized spacial score (nSPS) is 10.1. The smallest absolute Gasteiger partial charge is 0.231 e. The molecule has 102 valence electrons. The van der Waals surface area contributed by atoms with Crippen LogP contribution >= 0.6 is 0 Å². The van der Waals surface area contributed by atoms with Crippen molar-refractivity contribution in [1.82, 2.24) is 0 Å². The molecule has 0 bridgehead atoms. The maximum absolute atomic E-state index is 13.7. The number of benzene rings is 2. The maximum atomic E-state index is 13.7. The highest BCUT2D eigenvalue weighted by atomic mass is 19.1. The van der Waals surface area contributed by atoms with E-state index in [1.807, 2.05) is 30.3 Å². The SMILES string of the molecule is CC(=O)CC(=O)Nc1cc(-c2ccccc2)ccc1F. The first-order valence-corrected chi connectivity index (χ1v) is 6.20. The monoisotopic (exact) mass is 271 g/mol. The summed E-state index contributed by atoms with van der Waals surface area (Å²) < 4.78 is 13.7. The fourth-order valence-electron chi connectivity index (χ4n) is 1.85. The van der Waals surface area contributed by atoms with Crippen LogP contribution < -0.4 is 5.32 Å². The van der Waals surface area contributed by atoms with Gasteiger partial charge in [0.15, 0.2) is 0 Å². The number of halogens is 1. The Hall–Kier alpha value is -2.49. The van der Waals surface area contributed by atoms with Crippen molar-refractivity contribution in [1.29, 1.82) is 0 Å². The van der Waals surface area contributed by atoms with Gasteiger partial charge in [-0.2, -0.15) is 0 Å². The van der Waals surface area contributed by atoms with Gasteiger partial charge in [-0.15, -0.1) is 0 Å². The molecule has 0 fully saturated rings. The molecule has 2 rings (SSSR count). The van der Waals surface area contributed by atoms with E-state index < -0.39 is 11.7 Å². The summed E-state index contributed by atoms with van der Waals surface area (Å²) in [5.74, 6) is -1.30. The lowest BCUT2D eigenvalue weighted by Gasteiger charge is -2.08. The lowest BCUT2D eigenvalue weighted by atomic mass is 10.0. The molecule has 1 N–H and O–H groups in total. The number of carbonyl (C=O) groups excluding carboxylic acids is 2. The molecular formula is C16H14FNO2.